The van der Waals surface area contributed by atoms with Gasteiger partial charge in [-0.05, 0) is 109 Å². The van der Waals surface area contributed by atoms with Gasteiger partial charge in [-0.25, -0.2) is 0 Å². The van der Waals surface area contributed by atoms with E-state index in [4.69, 9.17) is 0 Å². The van der Waals surface area contributed by atoms with Crippen molar-refractivity contribution in [2.45, 2.75) is 6.92 Å². The summed E-state index contributed by atoms with van der Waals surface area (Å²) in [6, 6.07) is 2.20. The van der Waals surface area contributed by atoms with E-state index in [2.05, 4.69) is 110 Å². The fraction of sp³-hybridized carbons (Fsp3) is 0.111. The van der Waals surface area contributed by atoms with Crippen molar-refractivity contribution in [1.82, 2.24) is 0 Å². The van der Waals surface area contributed by atoms with Crippen molar-refractivity contribution in [3.8, 4) is 0 Å². The molecule has 70 valence electrons. The molecule has 1 rings (SSSR count). The van der Waals surface area contributed by atoms with E-state index in [-0.39, 0.29) is 0 Å². The first-order valence-corrected chi connectivity index (χ1v) is 7.75. The maximum Gasteiger partial charge on any atom is 0.0404 e. The van der Waals surface area contributed by atoms with E-state index in [0.29, 0.717) is 0 Å². The molecular weight excluding hydrogens is 616 g/mol. The summed E-state index contributed by atoms with van der Waals surface area (Å²) in [4.78, 5) is 0. The van der Waals surface area contributed by atoms with Crippen LogP contribution in [0, 0.1) is 14.3 Å². The van der Waals surface area contributed by atoms with E-state index < -0.39 is 0 Å². The lowest BCUT2D eigenvalue weighted by Gasteiger charge is -2.10. The molecule has 0 bridgehead atoms. The number of allylic oxidation sites excluding steroid dienone is 1. The molecule has 0 aliphatic carbocycles. The minimum atomic E-state index is 1.14. The highest BCUT2D eigenvalue weighted by molar-refractivity contribution is 14.1. The van der Waals surface area contributed by atoms with Gasteiger partial charge in [0.05, 0.1) is 0 Å². The molecule has 4 heteroatoms. The van der Waals surface area contributed by atoms with Crippen LogP contribution in [0.15, 0.2) is 12.6 Å². The van der Waals surface area contributed by atoms with Gasteiger partial charge in [-0.3, -0.25) is 0 Å². The van der Waals surface area contributed by atoms with Crippen molar-refractivity contribution in [3.05, 3.63) is 32.5 Å². The molecule has 0 heterocycles. The van der Waals surface area contributed by atoms with Gasteiger partial charge in [0.1, 0.15) is 0 Å². The quantitative estimate of drug-likeness (QED) is 0.232. The predicted octanol–water partition coefficient (Wildman–Crippen LogP) is 5.14. The van der Waals surface area contributed by atoms with E-state index >= 15 is 0 Å². The Morgan fingerprint density at radius 1 is 1.08 bits per heavy atom. The molecule has 0 aromatic heterocycles. The minimum Gasteiger partial charge on any atom is -0.0954 e. The summed E-state index contributed by atoms with van der Waals surface area (Å²) in [5.41, 5.74) is 2.44. The summed E-state index contributed by atoms with van der Waals surface area (Å²) in [6.07, 6.45) is 0. The molecule has 13 heavy (non-hydrogen) atoms. The normalized spacial score (nSPS) is 10.2. The van der Waals surface area contributed by atoms with E-state index in [0.717, 1.165) is 5.57 Å². The summed E-state index contributed by atoms with van der Waals surface area (Å²) < 4.78 is 5.26. The molecule has 0 saturated heterocycles. The third-order valence-electron chi connectivity index (χ3n) is 1.54. The zero-order valence-corrected chi connectivity index (χ0v) is 15.4. The molecule has 0 unspecified atom stereocenters. The van der Waals surface area contributed by atoms with Gasteiger partial charge < -0.3 is 0 Å². The van der Waals surface area contributed by atoms with Crippen LogP contribution < -0.4 is 0 Å². The highest BCUT2D eigenvalue weighted by Gasteiger charge is 2.11. The highest BCUT2D eigenvalue weighted by atomic mass is 127. The third kappa shape index (κ3) is 2.92. The summed E-state index contributed by atoms with van der Waals surface area (Å²) in [6.45, 7) is 6.06. The second-order valence-electron chi connectivity index (χ2n) is 2.62. The summed E-state index contributed by atoms with van der Waals surface area (Å²) in [7, 11) is 0. The van der Waals surface area contributed by atoms with Crippen LogP contribution in [0.4, 0.5) is 0 Å². The van der Waals surface area contributed by atoms with Crippen molar-refractivity contribution in [3.63, 3.8) is 0 Å². The Morgan fingerprint density at radius 3 is 2.08 bits per heavy atom. The van der Waals surface area contributed by atoms with E-state index in [1.807, 2.05) is 0 Å². The first-order chi connectivity index (χ1) is 5.95. The SMILES string of the molecule is C=C(C)c1c(I)cc(I)c(I)c1I. The number of rotatable bonds is 1. The Labute approximate surface area is 133 Å². The maximum atomic E-state index is 4.00. The predicted molar refractivity (Wildman–Crippen MR) is 92.0 cm³/mol. The molecule has 0 spiro atoms. The summed E-state index contributed by atoms with van der Waals surface area (Å²) >= 11 is 9.52. The Balaban J connectivity index is 3.53. The Kier molecular flexibility index (Phi) is 5.26. The lowest BCUT2D eigenvalue weighted by atomic mass is 10.1. The molecule has 0 fully saturated rings. The second kappa shape index (κ2) is 5.28. The number of hydrogen-bond donors (Lipinski definition) is 0. The van der Waals surface area contributed by atoms with Crippen molar-refractivity contribution in [2.75, 3.05) is 0 Å². The monoisotopic (exact) mass is 622 g/mol. The van der Waals surface area contributed by atoms with Crippen LogP contribution in [0.25, 0.3) is 5.57 Å². The van der Waals surface area contributed by atoms with Crippen LogP contribution in [-0.2, 0) is 0 Å². The molecule has 0 atom stereocenters. The molecule has 0 nitrogen and oxygen atoms in total. The van der Waals surface area contributed by atoms with Gasteiger partial charge in [0.25, 0.3) is 0 Å². The molecule has 0 saturated carbocycles. The Morgan fingerprint density at radius 2 is 1.62 bits per heavy atom. The number of halogens is 4. The fourth-order valence-corrected chi connectivity index (χ4v) is 5.67. The molecule has 0 aliphatic rings. The minimum absolute atomic E-state index is 1.14. The first-order valence-electron chi connectivity index (χ1n) is 3.44. The van der Waals surface area contributed by atoms with Crippen LogP contribution in [-0.4, -0.2) is 0 Å². The Bertz CT molecular complexity index is 368. The average molecular weight is 622 g/mol. The van der Waals surface area contributed by atoms with Crippen LogP contribution in [0.1, 0.15) is 12.5 Å². The zero-order chi connectivity index (χ0) is 10.2. The van der Waals surface area contributed by atoms with Crippen LogP contribution in [0.5, 0.6) is 0 Å². The summed E-state index contributed by atoms with van der Waals surface area (Å²) in [5.74, 6) is 0. The molecule has 0 radical (unpaired) electrons. The number of benzene rings is 1. The smallest absolute Gasteiger partial charge is 0.0404 e. The fourth-order valence-electron chi connectivity index (χ4n) is 0.957. The van der Waals surface area contributed by atoms with E-state index in [1.165, 1.54) is 19.8 Å². The standard InChI is InChI=1S/C9H6I4/c1-4(2)7-5(10)3-6(11)8(12)9(7)13/h3H,1H2,2H3. The first kappa shape index (κ1) is 12.9. The lowest BCUT2D eigenvalue weighted by molar-refractivity contribution is 1.42. The van der Waals surface area contributed by atoms with Crippen molar-refractivity contribution < 1.29 is 0 Å². The van der Waals surface area contributed by atoms with Gasteiger partial charge in [-0.2, -0.15) is 0 Å². The van der Waals surface area contributed by atoms with Crippen LogP contribution >= 0.6 is 90.4 Å². The van der Waals surface area contributed by atoms with Gasteiger partial charge in [0.15, 0.2) is 0 Å². The highest BCUT2D eigenvalue weighted by Crippen LogP contribution is 2.32. The van der Waals surface area contributed by atoms with Crippen LogP contribution in [0.3, 0.4) is 0 Å². The third-order valence-corrected chi connectivity index (χ3v) is 7.51. The van der Waals surface area contributed by atoms with Gasteiger partial charge >= 0.3 is 0 Å². The lowest BCUT2D eigenvalue weighted by Crippen LogP contribution is -1.96. The van der Waals surface area contributed by atoms with Crippen molar-refractivity contribution in [2.24, 2.45) is 0 Å². The maximum absolute atomic E-state index is 4.00. The van der Waals surface area contributed by atoms with E-state index in [1.54, 1.807) is 0 Å². The average Bonchev–Trinajstić information content (AvgIpc) is 1.99. The van der Waals surface area contributed by atoms with Gasteiger partial charge in [-0.1, -0.05) is 6.58 Å². The van der Waals surface area contributed by atoms with Gasteiger partial charge in [-0.15, -0.1) is 0 Å². The second-order valence-corrected chi connectivity index (χ2v) is 7.11. The molecule has 1 aromatic carbocycles. The van der Waals surface area contributed by atoms with Crippen LogP contribution in [0.2, 0.25) is 0 Å². The van der Waals surface area contributed by atoms with E-state index in [9.17, 15) is 0 Å². The molecule has 0 aliphatic heterocycles. The summed E-state index contributed by atoms with van der Waals surface area (Å²) in [5, 5.41) is 0. The zero-order valence-electron chi connectivity index (χ0n) is 6.80. The van der Waals surface area contributed by atoms with Gasteiger partial charge in [0.2, 0.25) is 0 Å². The topological polar surface area (TPSA) is 0 Å². The molecular formula is C9H6I4. The molecule has 0 N–H and O–H groups in total. The molecule has 0 amide bonds. The molecule has 1 aromatic rings. The van der Waals surface area contributed by atoms with Crippen molar-refractivity contribution in [1.29, 1.82) is 0 Å². The number of hydrogen-bond acceptors (Lipinski definition) is 0. The largest absolute Gasteiger partial charge is 0.0954 e. The van der Waals surface area contributed by atoms with Gasteiger partial charge in [0, 0.05) is 19.8 Å². The van der Waals surface area contributed by atoms with Crippen molar-refractivity contribution >= 4 is 95.9 Å². The Hall–Kier alpha value is 1.88.